The highest BCUT2D eigenvalue weighted by Gasteiger charge is 2.36. The molecule has 1 aliphatic rings. The highest BCUT2D eigenvalue weighted by atomic mass is 79.9. The number of allylic oxidation sites excluding steroid dienone is 1. The molecule has 0 radical (unpaired) electrons. The van der Waals surface area contributed by atoms with Gasteiger partial charge < -0.3 is 20.0 Å². The second-order valence-electron chi connectivity index (χ2n) is 5.02. The van der Waals surface area contributed by atoms with Crippen LogP contribution in [-0.2, 0) is 6.61 Å². The van der Waals surface area contributed by atoms with Gasteiger partial charge >= 0.3 is 0 Å². The van der Waals surface area contributed by atoms with Crippen LogP contribution in [0.2, 0.25) is 0 Å². The van der Waals surface area contributed by atoms with E-state index in [2.05, 4.69) is 15.9 Å². The zero-order valence-electron chi connectivity index (χ0n) is 12.0. The Morgan fingerprint density at radius 1 is 1.42 bits per heavy atom. The lowest BCUT2D eigenvalue weighted by molar-refractivity contribution is 0.231. The van der Waals surface area contributed by atoms with Crippen LogP contribution in [0.4, 0.5) is 4.39 Å². The molecule has 0 aliphatic carbocycles. The number of fused-ring (bicyclic) bond motifs is 1. The number of hydrogen-bond donors (Lipinski definition) is 2. The molecule has 3 N–H and O–H groups in total. The van der Waals surface area contributed by atoms with E-state index in [1.165, 1.54) is 18.2 Å². The fourth-order valence-corrected chi connectivity index (χ4v) is 2.89. The third-order valence-electron chi connectivity index (χ3n) is 3.55. The lowest BCUT2D eigenvalue weighted by atomic mass is 9.87. The first-order chi connectivity index (χ1) is 11.5. The molecule has 24 heavy (non-hydrogen) atoms. The number of nitrogens with zero attached hydrogens (tertiary/aromatic N) is 1. The Bertz CT molecular complexity index is 962. The van der Waals surface area contributed by atoms with Crippen LogP contribution in [0.3, 0.4) is 0 Å². The Labute approximate surface area is 143 Å². The molecule has 1 atom stereocenters. The van der Waals surface area contributed by atoms with Crippen LogP contribution < -0.4 is 15.9 Å². The molecule has 1 aromatic carbocycles. The molecule has 0 saturated carbocycles. The van der Waals surface area contributed by atoms with Crippen LogP contribution in [0.5, 0.6) is 5.75 Å². The van der Waals surface area contributed by atoms with Gasteiger partial charge in [-0.1, -0.05) is 15.9 Å². The number of benzene rings is 1. The normalized spacial score (nSPS) is 16.3. The SMILES string of the molecule is N#CC1=C(N)Oc2c(oc(CO)cc2=O)C1c1cc(Br)ccc1F. The minimum atomic E-state index is -1.06. The Balaban J connectivity index is 2.35. The maximum atomic E-state index is 14.4. The molecule has 122 valence electrons. The molecule has 8 heteroatoms. The molecule has 1 aliphatic heterocycles. The maximum Gasteiger partial charge on any atom is 0.228 e. The van der Waals surface area contributed by atoms with Crippen LogP contribution in [0.1, 0.15) is 23.0 Å². The summed E-state index contributed by atoms with van der Waals surface area (Å²) in [7, 11) is 0. The summed E-state index contributed by atoms with van der Waals surface area (Å²) in [6.45, 7) is -0.530. The van der Waals surface area contributed by atoms with Crippen LogP contribution in [0, 0.1) is 17.1 Å². The number of aliphatic hydroxyl groups is 1. The first-order valence-electron chi connectivity index (χ1n) is 6.76. The van der Waals surface area contributed by atoms with Gasteiger partial charge in [0.1, 0.15) is 29.8 Å². The minimum Gasteiger partial charge on any atom is -0.458 e. The summed E-state index contributed by atoms with van der Waals surface area (Å²) in [6, 6.07) is 7.10. The van der Waals surface area contributed by atoms with Crippen molar-refractivity contribution in [1.29, 1.82) is 5.26 Å². The number of rotatable bonds is 2. The van der Waals surface area contributed by atoms with Gasteiger partial charge in [-0.3, -0.25) is 4.79 Å². The van der Waals surface area contributed by atoms with Gasteiger partial charge in [0.25, 0.3) is 0 Å². The largest absolute Gasteiger partial charge is 0.458 e. The fourth-order valence-electron chi connectivity index (χ4n) is 2.51. The van der Waals surface area contributed by atoms with Crippen molar-refractivity contribution in [2.45, 2.75) is 12.5 Å². The van der Waals surface area contributed by atoms with Gasteiger partial charge in [0, 0.05) is 16.1 Å². The van der Waals surface area contributed by atoms with E-state index in [0.717, 1.165) is 6.07 Å². The van der Waals surface area contributed by atoms with Crippen molar-refractivity contribution in [2.75, 3.05) is 0 Å². The number of hydrogen-bond acceptors (Lipinski definition) is 6. The van der Waals surface area contributed by atoms with Gasteiger partial charge in [0.15, 0.2) is 5.76 Å². The number of halogens is 2. The molecule has 1 aromatic heterocycles. The molecule has 0 amide bonds. The quantitative estimate of drug-likeness (QED) is 0.810. The number of nitrogens with two attached hydrogens (primary N) is 1. The summed E-state index contributed by atoms with van der Waals surface area (Å²) in [5.41, 5.74) is 5.15. The lowest BCUT2D eigenvalue weighted by Gasteiger charge is -2.25. The molecule has 0 saturated heterocycles. The Morgan fingerprint density at radius 3 is 2.83 bits per heavy atom. The van der Waals surface area contributed by atoms with Gasteiger partial charge in [0.05, 0.1) is 5.92 Å². The summed E-state index contributed by atoms with van der Waals surface area (Å²) < 4.78 is 25.6. The molecule has 0 spiro atoms. The van der Waals surface area contributed by atoms with Crippen LogP contribution >= 0.6 is 15.9 Å². The van der Waals surface area contributed by atoms with E-state index in [-0.39, 0.29) is 34.3 Å². The monoisotopic (exact) mass is 392 g/mol. The summed E-state index contributed by atoms with van der Waals surface area (Å²) in [5, 5.41) is 18.6. The summed E-state index contributed by atoms with van der Waals surface area (Å²) >= 11 is 3.24. The van der Waals surface area contributed by atoms with Gasteiger partial charge in [-0.05, 0) is 18.2 Å². The van der Waals surface area contributed by atoms with E-state index >= 15 is 0 Å². The van der Waals surface area contributed by atoms with Crippen molar-refractivity contribution < 1.29 is 18.7 Å². The predicted molar refractivity (Wildman–Crippen MR) is 84.3 cm³/mol. The van der Waals surface area contributed by atoms with Crippen LogP contribution in [0.25, 0.3) is 0 Å². The highest BCUT2D eigenvalue weighted by molar-refractivity contribution is 9.10. The molecule has 1 unspecified atom stereocenters. The van der Waals surface area contributed by atoms with E-state index in [9.17, 15) is 19.6 Å². The Kier molecular flexibility index (Phi) is 4.13. The van der Waals surface area contributed by atoms with E-state index in [0.29, 0.717) is 4.47 Å². The summed E-state index contributed by atoms with van der Waals surface area (Å²) in [4.78, 5) is 12.2. The van der Waals surface area contributed by atoms with Crippen molar-refractivity contribution in [3.63, 3.8) is 0 Å². The van der Waals surface area contributed by atoms with Gasteiger partial charge in [-0.15, -0.1) is 0 Å². The van der Waals surface area contributed by atoms with Gasteiger partial charge in [-0.25, -0.2) is 4.39 Å². The van der Waals surface area contributed by atoms with Gasteiger partial charge in [-0.2, -0.15) is 5.26 Å². The zero-order chi connectivity index (χ0) is 17.4. The summed E-state index contributed by atoms with van der Waals surface area (Å²) in [6.07, 6.45) is 0. The van der Waals surface area contributed by atoms with Crippen LogP contribution in [-0.4, -0.2) is 5.11 Å². The third-order valence-corrected chi connectivity index (χ3v) is 4.05. The minimum absolute atomic E-state index is 0.0273. The maximum absolute atomic E-state index is 14.4. The average Bonchev–Trinajstić information content (AvgIpc) is 2.56. The molecule has 3 rings (SSSR count). The van der Waals surface area contributed by atoms with Gasteiger partial charge in [0.2, 0.25) is 17.1 Å². The molecule has 2 heterocycles. The number of nitriles is 1. The highest BCUT2D eigenvalue weighted by Crippen LogP contribution is 2.42. The lowest BCUT2D eigenvalue weighted by Crippen LogP contribution is -2.25. The molecule has 0 fully saturated rings. The molecule has 2 aromatic rings. The van der Waals surface area contributed by atoms with E-state index in [1.807, 2.05) is 6.07 Å². The van der Waals surface area contributed by atoms with Crippen molar-refractivity contribution in [2.24, 2.45) is 5.73 Å². The van der Waals surface area contributed by atoms with E-state index < -0.39 is 23.8 Å². The average molecular weight is 393 g/mol. The molecular formula is C16H10BrFN2O4. The van der Waals surface area contributed by atoms with Crippen molar-refractivity contribution >= 4 is 15.9 Å². The first-order valence-corrected chi connectivity index (χ1v) is 7.56. The Morgan fingerprint density at radius 2 is 2.17 bits per heavy atom. The summed E-state index contributed by atoms with van der Waals surface area (Å²) in [5.74, 6) is -2.29. The van der Waals surface area contributed by atoms with Crippen molar-refractivity contribution in [3.05, 3.63) is 73.3 Å². The zero-order valence-corrected chi connectivity index (χ0v) is 13.6. The third kappa shape index (κ3) is 2.58. The predicted octanol–water partition coefficient (Wildman–Crippen LogP) is 2.25. The second-order valence-corrected chi connectivity index (χ2v) is 5.93. The topological polar surface area (TPSA) is 109 Å². The van der Waals surface area contributed by atoms with Crippen molar-refractivity contribution in [3.8, 4) is 11.8 Å². The number of ether oxygens (including phenoxy) is 1. The standard InChI is InChI=1S/C16H10BrFN2O4/c17-7-1-2-11(18)9(3-7)13-10(5-19)16(20)24-14-12(22)4-8(6-21)23-15(13)14/h1-4,13,21H,6,20H2. The number of aliphatic hydroxyl groups excluding tert-OH is 1. The van der Waals surface area contributed by atoms with Crippen molar-refractivity contribution in [1.82, 2.24) is 0 Å². The molecule has 0 bridgehead atoms. The molecule has 6 nitrogen and oxygen atoms in total. The smallest absolute Gasteiger partial charge is 0.228 e. The first kappa shape index (κ1) is 16.2. The molecular weight excluding hydrogens is 383 g/mol. The van der Waals surface area contributed by atoms with E-state index in [1.54, 1.807) is 0 Å². The van der Waals surface area contributed by atoms with E-state index in [4.69, 9.17) is 14.9 Å². The fraction of sp³-hybridized carbons (Fsp3) is 0.125. The second kappa shape index (κ2) is 6.11. The Hall–Kier alpha value is -2.63. The van der Waals surface area contributed by atoms with Crippen LogP contribution in [0.15, 0.2) is 49.4 Å².